The van der Waals surface area contributed by atoms with Gasteiger partial charge < -0.3 is 19.3 Å². The number of carbonyl (C=O) groups is 2. The van der Waals surface area contributed by atoms with Gasteiger partial charge in [0.1, 0.15) is 0 Å². The van der Waals surface area contributed by atoms with Crippen molar-refractivity contribution in [2.24, 2.45) is 0 Å². The van der Waals surface area contributed by atoms with Gasteiger partial charge >= 0.3 is 0 Å². The van der Waals surface area contributed by atoms with E-state index in [2.05, 4.69) is 10.2 Å². The first kappa shape index (κ1) is 20.0. The summed E-state index contributed by atoms with van der Waals surface area (Å²) in [7, 11) is 3.09. The minimum atomic E-state index is -0.132. The number of rotatable bonds is 5. The highest BCUT2D eigenvalue weighted by Crippen LogP contribution is 2.28. The molecule has 1 N–H and O–H groups in total. The van der Waals surface area contributed by atoms with E-state index in [4.69, 9.17) is 9.47 Å². The number of carbonyl (C=O) groups excluding carboxylic acids is 2. The summed E-state index contributed by atoms with van der Waals surface area (Å²) in [6.07, 6.45) is 0. The van der Waals surface area contributed by atoms with E-state index in [0.29, 0.717) is 48.9 Å². The van der Waals surface area contributed by atoms with Gasteiger partial charge in [0.2, 0.25) is 0 Å². The zero-order chi connectivity index (χ0) is 21.1. The molecule has 1 saturated heterocycles. The van der Waals surface area contributed by atoms with Crippen molar-refractivity contribution in [1.82, 2.24) is 20.0 Å². The summed E-state index contributed by atoms with van der Waals surface area (Å²) in [6, 6.07) is 10.8. The molecule has 0 radical (unpaired) electrons. The number of hydrogen-bond donors (Lipinski definition) is 1. The second-order valence-electron chi connectivity index (χ2n) is 6.80. The molecule has 2 amide bonds. The van der Waals surface area contributed by atoms with E-state index < -0.39 is 0 Å². The van der Waals surface area contributed by atoms with Crippen molar-refractivity contribution in [2.75, 3.05) is 40.4 Å². The fourth-order valence-electron chi connectivity index (χ4n) is 3.42. The van der Waals surface area contributed by atoms with Crippen LogP contribution in [0.5, 0.6) is 11.5 Å². The van der Waals surface area contributed by atoms with Crippen molar-refractivity contribution in [3.05, 3.63) is 53.0 Å². The smallest absolute Gasteiger partial charge is 0.274 e. The normalized spacial score (nSPS) is 13.9. The van der Waals surface area contributed by atoms with E-state index in [1.165, 1.54) is 7.11 Å². The molecule has 1 aliphatic rings. The van der Waals surface area contributed by atoms with Crippen LogP contribution < -0.4 is 9.47 Å². The zero-order valence-electron chi connectivity index (χ0n) is 16.8. The first-order chi connectivity index (χ1) is 14.6. The van der Waals surface area contributed by atoms with Crippen LogP contribution in [0.4, 0.5) is 0 Å². The second kappa shape index (κ2) is 8.58. The molecule has 3 heterocycles. The van der Waals surface area contributed by atoms with Crippen molar-refractivity contribution in [3.8, 4) is 22.1 Å². The Labute approximate surface area is 178 Å². The summed E-state index contributed by atoms with van der Waals surface area (Å²) in [4.78, 5) is 30.2. The molecule has 0 aliphatic carbocycles. The van der Waals surface area contributed by atoms with Crippen LogP contribution >= 0.6 is 11.3 Å². The molecule has 0 spiro atoms. The molecule has 2 aromatic heterocycles. The molecule has 1 aromatic carbocycles. The maximum absolute atomic E-state index is 12.9. The van der Waals surface area contributed by atoms with Crippen LogP contribution in [-0.2, 0) is 0 Å². The zero-order valence-corrected chi connectivity index (χ0v) is 17.6. The first-order valence-corrected chi connectivity index (χ1v) is 10.4. The molecule has 1 fully saturated rings. The predicted molar refractivity (Wildman–Crippen MR) is 113 cm³/mol. The first-order valence-electron chi connectivity index (χ1n) is 9.50. The third-order valence-electron chi connectivity index (χ3n) is 5.07. The van der Waals surface area contributed by atoms with Crippen LogP contribution in [-0.4, -0.2) is 72.2 Å². The van der Waals surface area contributed by atoms with Gasteiger partial charge in [0.05, 0.1) is 24.8 Å². The number of aromatic nitrogens is 2. The molecule has 156 valence electrons. The van der Waals surface area contributed by atoms with Gasteiger partial charge in [-0.15, -0.1) is 11.3 Å². The fraction of sp³-hybridized carbons (Fsp3) is 0.286. The van der Waals surface area contributed by atoms with Crippen molar-refractivity contribution < 1.29 is 19.1 Å². The predicted octanol–water partition coefficient (Wildman–Crippen LogP) is 2.75. The average Bonchev–Trinajstić information content (AvgIpc) is 3.49. The number of aromatic amines is 1. The molecule has 0 unspecified atom stereocenters. The van der Waals surface area contributed by atoms with Gasteiger partial charge in [-0.25, -0.2) is 0 Å². The average molecular weight is 426 g/mol. The van der Waals surface area contributed by atoms with Crippen LogP contribution in [0.3, 0.4) is 0 Å². The number of hydrogen-bond acceptors (Lipinski definition) is 6. The fourth-order valence-corrected chi connectivity index (χ4v) is 4.11. The van der Waals surface area contributed by atoms with Gasteiger partial charge in [-0.1, -0.05) is 6.07 Å². The molecule has 9 heteroatoms. The van der Waals surface area contributed by atoms with Crippen molar-refractivity contribution in [2.45, 2.75) is 0 Å². The number of benzene rings is 1. The summed E-state index contributed by atoms with van der Waals surface area (Å²) < 4.78 is 10.5. The number of thiophene rings is 1. The lowest BCUT2D eigenvalue weighted by molar-refractivity contribution is 0.0532. The highest BCUT2D eigenvalue weighted by Gasteiger charge is 2.27. The summed E-state index contributed by atoms with van der Waals surface area (Å²) in [5, 5.41) is 9.07. The highest BCUT2D eigenvalue weighted by molar-refractivity contribution is 7.13. The number of nitrogens with one attached hydrogen (secondary N) is 1. The Kier molecular flexibility index (Phi) is 5.71. The third kappa shape index (κ3) is 3.88. The molecule has 0 atom stereocenters. The molecule has 1 aliphatic heterocycles. The van der Waals surface area contributed by atoms with Gasteiger partial charge in [0.25, 0.3) is 11.8 Å². The van der Waals surface area contributed by atoms with Gasteiger partial charge in [0, 0.05) is 31.7 Å². The monoisotopic (exact) mass is 426 g/mol. The van der Waals surface area contributed by atoms with Crippen LogP contribution in [0.15, 0.2) is 41.8 Å². The molecule has 0 bridgehead atoms. The van der Waals surface area contributed by atoms with Crippen LogP contribution in [0.25, 0.3) is 10.6 Å². The molecular weight excluding hydrogens is 404 g/mol. The van der Waals surface area contributed by atoms with E-state index in [1.807, 2.05) is 17.5 Å². The molecule has 3 aromatic rings. The Balaban J connectivity index is 1.39. The lowest BCUT2D eigenvalue weighted by Gasteiger charge is -2.34. The topological polar surface area (TPSA) is 87.8 Å². The van der Waals surface area contributed by atoms with Gasteiger partial charge in [-0.2, -0.15) is 5.10 Å². The summed E-state index contributed by atoms with van der Waals surface area (Å²) in [5.74, 6) is 0.859. The molecule has 8 nitrogen and oxygen atoms in total. The van der Waals surface area contributed by atoms with Crippen molar-refractivity contribution in [3.63, 3.8) is 0 Å². The van der Waals surface area contributed by atoms with E-state index in [-0.39, 0.29) is 11.8 Å². The molecular formula is C21H22N4O4S. The number of methoxy groups -OCH3 is 2. The van der Waals surface area contributed by atoms with Gasteiger partial charge in [-0.3, -0.25) is 14.7 Å². The number of H-pyrrole nitrogens is 1. The number of amides is 2. The standard InChI is InChI=1S/C21H22N4O4S/c1-28-17-6-5-14(12-18(17)29-2)20(26)24-7-9-25(10-8-24)21(27)16-13-15(22-23-16)19-4-3-11-30-19/h3-6,11-13H,7-10H2,1-2H3,(H,22,23). The van der Waals surface area contributed by atoms with Crippen LogP contribution in [0.1, 0.15) is 20.8 Å². The minimum Gasteiger partial charge on any atom is -0.493 e. The second-order valence-corrected chi connectivity index (χ2v) is 7.75. The van der Waals surface area contributed by atoms with Gasteiger partial charge in [-0.05, 0) is 35.7 Å². The SMILES string of the molecule is COc1ccc(C(=O)N2CCN(C(=O)c3cc(-c4cccs4)[nH]n3)CC2)cc1OC. The molecule has 4 rings (SSSR count). The van der Waals surface area contributed by atoms with Crippen molar-refractivity contribution >= 4 is 23.2 Å². The maximum Gasteiger partial charge on any atom is 0.274 e. The van der Waals surface area contributed by atoms with Gasteiger partial charge in [0.15, 0.2) is 17.2 Å². The van der Waals surface area contributed by atoms with E-state index in [9.17, 15) is 9.59 Å². The number of piperazine rings is 1. The Hall–Kier alpha value is -3.33. The van der Waals surface area contributed by atoms with E-state index in [0.717, 1.165) is 10.6 Å². The minimum absolute atomic E-state index is 0.0946. The highest BCUT2D eigenvalue weighted by atomic mass is 32.1. The van der Waals surface area contributed by atoms with Crippen LogP contribution in [0, 0.1) is 0 Å². The van der Waals surface area contributed by atoms with E-state index in [1.54, 1.807) is 52.5 Å². The number of ether oxygens (including phenoxy) is 2. The summed E-state index contributed by atoms with van der Waals surface area (Å²) in [5.41, 5.74) is 1.74. The van der Waals surface area contributed by atoms with E-state index >= 15 is 0 Å². The lowest BCUT2D eigenvalue weighted by atomic mass is 10.1. The summed E-state index contributed by atoms with van der Waals surface area (Å²) in [6.45, 7) is 1.83. The number of nitrogens with zero attached hydrogens (tertiary/aromatic N) is 3. The maximum atomic E-state index is 12.9. The Morgan fingerprint density at radius 2 is 1.67 bits per heavy atom. The quantitative estimate of drug-likeness (QED) is 0.678. The summed E-state index contributed by atoms with van der Waals surface area (Å²) >= 11 is 1.59. The van der Waals surface area contributed by atoms with Crippen LogP contribution in [0.2, 0.25) is 0 Å². The Morgan fingerprint density at radius 3 is 2.30 bits per heavy atom. The third-order valence-corrected chi connectivity index (χ3v) is 5.97. The Bertz CT molecular complexity index is 1040. The molecule has 0 saturated carbocycles. The van der Waals surface area contributed by atoms with Crippen molar-refractivity contribution in [1.29, 1.82) is 0 Å². The lowest BCUT2D eigenvalue weighted by Crippen LogP contribution is -2.50. The Morgan fingerprint density at radius 1 is 0.967 bits per heavy atom. The molecule has 30 heavy (non-hydrogen) atoms. The largest absolute Gasteiger partial charge is 0.493 e.